The highest BCUT2D eigenvalue weighted by Crippen LogP contribution is 2.39. The van der Waals surface area contributed by atoms with Crippen molar-refractivity contribution in [2.24, 2.45) is 0 Å². The quantitative estimate of drug-likeness (QED) is 0.193. The topological polar surface area (TPSA) is 101 Å². The molecule has 42 heavy (non-hydrogen) atoms. The smallest absolute Gasteiger partial charge is 0.123 e. The van der Waals surface area contributed by atoms with Gasteiger partial charge in [0.25, 0.3) is 0 Å². The molecule has 1 fully saturated rings. The number of nitrogens with zero attached hydrogens (tertiary/aromatic N) is 5. The number of ether oxygens (including phenoxy) is 1. The SMILES string of the molecule is [B][C@](Nc1cc(Cl)c2ncc(C#N)c(N[C@H](COC)c3ccccc3)c2c1)(c1ccc(F)cc1)c1cn(C2CC2)nn1. The molecule has 0 saturated heterocycles. The van der Waals surface area contributed by atoms with Crippen molar-refractivity contribution in [1.82, 2.24) is 20.0 Å². The summed E-state index contributed by atoms with van der Waals surface area (Å²) >= 11 is 6.78. The minimum atomic E-state index is -1.38. The molecule has 2 N–H and O–H groups in total. The molecule has 3 aromatic carbocycles. The van der Waals surface area contributed by atoms with Crippen molar-refractivity contribution < 1.29 is 9.13 Å². The van der Waals surface area contributed by atoms with Gasteiger partial charge in [-0.05, 0) is 48.2 Å². The van der Waals surface area contributed by atoms with Crippen molar-refractivity contribution >= 4 is 41.7 Å². The first-order valence-electron chi connectivity index (χ1n) is 13.5. The molecule has 2 aromatic heterocycles. The lowest BCUT2D eigenvalue weighted by molar-refractivity contribution is 0.186. The normalized spacial score (nSPS) is 15.1. The fraction of sp³-hybridized carbons (Fsp3) is 0.226. The van der Waals surface area contributed by atoms with Crippen molar-refractivity contribution in [3.05, 3.63) is 112 Å². The predicted molar refractivity (Wildman–Crippen MR) is 161 cm³/mol. The first kappa shape index (κ1) is 27.7. The second-order valence-electron chi connectivity index (χ2n) is 10.3. The molecule has 8 nitrogen and oxygen atoms in total. The monoisotopic (exact) mass is 577 g/mol. The van der Waals surface area contributed by atoms with Crippen molar-refractivity contribution in [3.63, 3.8) is 0 Å². The number of nitriles is 1. The van der Waals surface area contributed by atoms with E-state index >= 15 is 0 Å². The molecule has 6 rings (SSSR count). The average molecular weight is 578 g/mol. The van der Waals surface area contributed by atoms with Crippen molar-refractivity contribution in [1.29, 1.82) is 5.26 Å². The molecular formula is C31H26BClFN7O. The maximum atomic E-state index is 13.9. The van der Waals surface area contributed by atoms with Crippen LogP contribution < -0.4 is 10.6 Å². The standard InChI is InChI=1S/C31H26BClFN7O/c1-42-18-27(19-5-3-2-4-6-19)37-29-20(15-35)16-36-30-25(29)13-23(14-26(30)33)38-31(32,21-7-9-22(34)10-8-21)28-17-41(40-39-28)24-11-12-24/h2-10,13-14,16-17,24,27,38H,11-12,18H2,1H3,(H,36,37)/t27-,31+/m1/s1. The third kappa shape index (κ3) is 5.41. The Labute approximate surface area is 248 Å². The Morgan fingerprint density at radius 3 is 2.64 bits per heavy atom. The number of hydrogen-bond donors (Lipinski definition) is 2. The van der Waals surface area contributed by atoms with E-state index in [-0.39, 0.29) is 11.9 Å². The van der Waals surface area contributed by atoms with Crippen LogP contribution in [0.4, 0.5) is 15.8 Å². The van der Waals surface area contributed by atoms with E-state index in [1.165, 1.54) is 18.3 Å². The second kappa shape index (κ2) is 11.4. The minimum Gasteiger partial charge on any atom is -0.382 e. The molecule has 0 aliphatic heterocycles. The zero-order valence-electron chi connectivity index (χ0n) is 22.8. The molecule has 5 aromatic rings. The third-order valence-corrected chi connectivity index (χ3v) is 7.66. The number of hydrogen-bond acceptors (Lipinski definition) is 7. The van der Waals surface area contributed by atoms with E-state index in [0.717, 1.165) is 18.4 Å². The summed E-state index contributed by atoms with van der Waals surface area (Å²) < 4.78 is 21.2. The molecule has 1 saturated carbocycles. The van der Waals surface area contributed by atoms with E-state index in [2.05, 4.69) is 32.0 Å². The molecule has 208 valence electrons. The van der Waals surface area contributed by atoms with Gasteiger partial charge in [-0.1, -0.05) is 59.3 Å². The summed E-state index contributed by atoms with van der Waals surface area (Å²) in [5, 5.41) is 26.5. The highest BCUT2D eigenvalue weighted by atomic mass is 35.5. The van der Waals surface area contributed by atoms with Crippen LogP contribution in [-0.2, 0) is 10.2 Å². The van der Waals surface area contributed by atoms with Gasteiger partial charge < -0.3 is 15.4 Å². The predicted octanol–water partition coefficient (Wildman–Crippen LogP) is 6.11. The number of fused-ring (bicyclic) bond motifs is 1. The van der Waals surface area contributed by atoms with Gasteiger partial charge in [-0.25, -0.2) is 9.07 Å². The van der Waals surface area contributed by atoms with Crippen LogP contribution >= 0.6 is 11.6 Å². The first-order valence-corrected chi connectivity index (χ1v) is 13.9. The summed E-state index contributed by atoms with van der Waals surface area (Å²) in [5.74, 6) is -0.383. The Morgan fingerprint density at radius 2 is 1.95 bits per heavy atom. The Kier molecular flexibility index (Phi) is 7.54. The van der Waals surface area contributed by atoms with Crippen LogP contribution in [-0.4, -0.2) is 41.5 Å². The lowest BCUT2D eigenvalue weighted by Crippen LogP contribution is -2.37. The summed E-state index contributed by atoms with van der Waals surface area (Å²) in [5.41, 5.74) is 2.61. The highest BCUT2D eigenvalue weighted by Gasteiger charge is 2.34. The minimum absolute atomic E-state index is 0.255. The van der Waals surface area contributed by atoms with Gasteiger partial charge >= 0.3 is 0 Å². The number of nitrogens with one attached hydrogen (secondary N) is 2. The number of benzene rings is 3. The molecule has 11 heteroatoms. The zero-order valence-corrected chi connectivity index (χ0v) is 23.5. The molecule has 2 atom stereocenters. The Balaban J connectivity index is 1.46. The Hall–Kier alpha value is -4.46. The first-order chi connectivity index (χ1) is 20.4. The number of methoxy groups -OCH3 is 1. The third-order valence-electron chi connectivity index (χ3n) is 7.38. The Morgan fingerprint density at radius 1 is 1.19 bits per heavy atom. The molecule has 0 unspecified atom stereocenters. The van der Waals surface area contributed by atoms with Crippen LogP contribution in [0.3, 0.4) is 0 Å². The van der Waals surface area contributed by atoms with E-state index in [0.29, 0.717) is 56.8 Å². The van der Waals surface area contributed by atoms with E-state index in [9.17, 15) is 9.65 Å². The molecule has 0 spiro atoms. The van der Waals surface area contributed by atoms with Crippen LogP contribution in [0.1, 0.15) is 47.3 Å². The van der Waals surface area contributed by atoms with Gasteiger partial charge in [-0.3, -0.25) is 4.98 Å². The zero-order chi connectivity index (χ0) is 29.3. The van der Waals surface area contributed by atoms with Crippen LogP contribution in [0.5, 0.6) is 0 Å². The van der Waals surface area contributed by atoms with Gasteiger partial charge in [0.05, 0.1) is 52.1 Å². The van der Waals surface area contributed by atoms with Gasteiger partial charge in [-0.15, -0.1) is 5.10 Å². The summed E-state index contributed by atoms with van der Waals surface area (Å²) in [6, 6.07) is 21.6. The molecular weight excluding hydrogens is 552 g/mol. The average Bonchev–Trinajstić information content (AvgIpc) is 3.73. The van der Waals surface area contributed by atoms with Gasteiger partial charge in [0.15, 0.2) is 0 Å². The molecule has 2 radical (unpaired) electrons. The van der Waals surface area contributed by atoms with Crippen LogP contribution in [0.2, 0.25) is 5.02 Å². The van der Waals surface area contributed by atoms with E-state index < -0.39 is 5.44 Å². The van der Waals surface area contributed by atoms with E-state index in [1.54, 1.807) is 30.0 Å². The van der Waals surface area contributed by atoms with Crippen LogP contribution in [0.25, 0.3) is 10.9 Å². The van der Waals surface area contributed by atoms with Gasteiger partial charge in [-0.2, -0.15) is 5.26 Å². The fourth-order valence-corrected chi connectivity index (χ4v) is 5.29. The van der Waals surface area contributed by atoms with Crippen LogP contribution in [0.15, 0.2) is 79.1 Å². The number of rotatable bonds is 10. The summed E-state index contributed by atoms with van der Waals surface area (Å²) in [6.45, 7) is 0.359. The molecule has 0 bridgehead atoms. The summed E-state index contributed by atoms with van der Waals surface area (Å²) in [4.78, 5) is 4.48. The molecule has 2 heterocycles. The fourth-order valence-electron chi connectivity index (χ4n) is 5.02. The van der Waals surface area contributed by atoms with E-state index in [4.69, 9.17) is 24.2 Å². The highest BCUT2D eigenvalue weighted by molar-refractivity contribution is 6.36. The maximum absolute atomic E-state index is 13.9. The number of pyridine rings is 1. The summed E-state index contributed by atoms with van der Waals surface area (Å²) in [6.07, 6.45) is 5.37. The van der Waals surface area contributed by atoms with Crippen molar-refractivity contribution in [3.8, 4) is 6.07 Å². The van der Waals surface area contributed by atoms with E-state index in [1.807, 2.05) is 42.6 Å². The summed E-state index contributed by atoms with van der Waals surface area (Å²) in [7, 11) is 8.68. The maximum Gasteiger partial charge on any atom is 0.123 e. The van der Waals surface area contributed by atoms with Crippen molar-refractivity contribution in [2.75, 3.05) is 24.4 Å². The van der Waals surface area contributed by atoms with Gasteiger partial charge in [0.1, 0.15) is 25.4 Å². The second-order valence-corrected chi connectivity index (χ2v) is 10.7. The van der Waals surface area contributed by atoms with Crippen LogP contribution in [0, 0.1) is 17.1 Å². The molecule has 1 aliphatic rings. The van der Waals surface area contributed by atoms with Gasteiger partial charge in [0, 0.05) is 24.4 Å². The number of anilines is 2. The number of aromatic nitrogens is 4. The largest absolute Gasteiger partial charge is 0.382 e. The molecule has 0 amide bonds. The molecule has 1 aliphatic carbocycles. The Bertz CT molecular complexity index is 1770. The lowest BCUT2D eigenvalue weighted by atomic mass is 9.69. The lowest BCUT2D eigenvalue weighted by Gasteiger charge is -2.32. The number of halogens is 2. The van der Waals surface area contributed by atoms with Crippen molar-refractivity contribution in [2.45, 2.75) is 30.4 Å². The van der Waals surface area contributed by atoms with Gasteiger partial charge in [0.2, 0.25) is 0 Å².